The molecule has 0 unspecified atom stereocenters. The van der Waals surface area contributed by atoms with E-state index in [2.05, 4.69) is 0 Å². The van der Waals surface area contributed by atoms with Gasteiger partial charge in [-0.2, -0.15) is 4.31 Å². The van der Waals surface area contributed by atoms with Crippen molar-refractivity contribution in [3.05, 3.63) is 57.1 Å². The van der Waals surface area contributed by atoms with Crippen molar-refractivity contribution < 1.29 is 27.6 Å². The van der Waals surface area contributed by atoms with E-state index in [1.54, 1.807) is 6.07 Å². The molecule has 1 amide bonds. The van der Waals surface area contributed by atoms with Gasteiger partial charge in [-0.3, -0.25) is 14.9 Å². The van der Waals surface area contributed by atoms with Crippen molar-refractivity contribution in [3.8, 4) is 11.5 Å². The molecule has 2 aliphatic rings. The molecule has 0 atom stereocenters. The van der Waals surface area contributed by atoms with E-state index in [1.807, 2.05) is 0 Å². The summed E-state index contributed by atoms with van der Waals surface area (Å²) in [4.78, 5) is 24.7. The van der Waals surface area contributed by atoms with Crippen LogP contribution < -0.4 is 9.47 Å². The van der Waals surface area contributed by atoms with Gasteiger partial charge in [0.25, 0.3) is 11.6 Å². The summed E-state index contributed by atoms with van der Waals surface area (Å²) in [7, 11) is -3.79. The summed E-state index contributed by atoms with van der Waals surface area (Å²) in [5.74, 6) is 0.480. The smallest absolute Gasteiger partial charge is 0.288 e. The maximum Gasteiger partial charge on any atom is 0.288 e. The summed E-state index contributed by atoms with van der Waals surface area (Å²) < 4.78 is 38.6. The fourth-order valence-electron chi connectivity index (χ4n) is 3.55. The molecule has 0 spiro atoms. The Morgan fingerprint density at radius 2 is 1.69 bits per heavy atom. The molecule has 2 heterocycles. The molecule has 2 aromatic rings. The highest BCUT2D eigenvalue weighted by Crippen LogP contribution is 2.33. The summed E-state index contributed by atoms with van der Waals surface area (Å²) in [6, 6.07) is 8.37. The number of nitro benzene ring substituents is 1. The molecule has 1 saturated heterocycles. The second-order valence-electron chi connectivity index (χ2n) is 7.28. The average Bonchev–Trinajstić information content (AvgIpc) is 3.04. The minimum Gasteiger partial charge on any atom is -0.490 e. The van der Waals surface area contributed by atoms with Gasteiger partial charge in [0.1, 0.15) is 5.02 Å². The number of halogens is 1. The van der Waals surface area contributed by atoms with E-state index in [9.17, 15) is 23.3 Å². The van der Waals surface area contributed by atoms with E-state index in [0.29, 0.717) is 31.1 Å². The summed E-state index contributed by atoms with van der Waals surface area (Å²) in [6.07, 6.45) is 0.712. The van der Waals surface area contributed by atoms with Gasteiger partial charge in [-0.25, -0.2) is 8.42 Å². The number of ether oxygens (including phenoxy) is 2. The minimum absolute atomic E-state index is 0.0578. The van der Waals surface area contributed by atoms with Gasteiger partial charge in [0.05, 0.1) is 23.0 Å². The van der Waals surface area contributed by atoms with Crippen LogP contribution in [0.4, 0.5) is 5.69 Å². The van der Waals surface area contributed by atoms with E-state index in [0.717, 1.165) is 6.07 Å². The average molecular weight is 482 g/mol. The minimum atomic E-state index is -3.79. The van der Waals surface area contributed by atoms with Crippen molar-refractivity contribution in [1.82, 2.24) is 9.21 Å². The van der Waals surface area contributed by atoms with Crippen LogP contribution in [0.5, 0.6) is 11.5 Å². The number of sulfonamides is 1. The lowest BCUT2D eigenvalue weighted by molar-refractivity contribution is -0.384. The van der Waals surface area contributed by atoms with Crippen LogP contribution in [0.2, 0.25) is 5.02 Å². The largest absolute Gasteiger partial charge is 0.490 e. The SMILES string of the molecule is O=C(c1ccc(Cl)c([N+](=O)[O-])c1)N1CCN(S(=O)(=O)c2ccc3c(c2)OCCCO3)CC1. The van der Waals surface area contributed by atoms with Crippen LogP contribution in [0.25, 0.3) is 0 Å². The van der Waals surface area contributed by atoms with Crippen LogP contribution in [0, 0.1) is 10.1 Å². The van der Waals surface area contributed by atoms with Gasteiger partial charge in [-0.05, 0) is 24.3 Å². The van der Waals surface area contributed by atoms with Crippen LogP contribution in [-0.2, 0) is 10.0 Å². The van der Waals surface area contributed by atoms with Gasteiger partial charge >= 0.3 is 0 Å². The van der Waals surface area contributed by atoms with E-state index in [1.165, 1.54) is 33.5 Å². The van der Waals surface area contributed by atoms with Gasteiger partial charge in [0.2, 0.25) is 10.0 Å². The van der Waals surface area contributed by atoms with Crippen molar-refractivity contribution in [2.45, 2.75) is 11.3 Å². The lowest BCUT2D eigenvalue weighted by Gasteiger charge is -2.34. The van der Waals surface area contributed by atoms with Crippen LogP contribution in [0.1, 0.15) is 16.8 Å². The second-order valence-corrected chi connectivity index (χ2v) is 9.62. The highest BCUT2D eigenvalue weighted by Gasteiger charge is 2.32. The maximum atomic E-state index is 13.1. The molecule has 2 aromatic carbocycles. The molecule has 2 aliphatic heterocycles. The lowest BCUT2D eigenvalue weighted by Crippen LogP contribution is -2.50. The van der Waals surface area contributed by atoms with Gasteiger partial charge in [-0.15, -0.1) is 0 Å². The number of benzene rings is 2. The third kappa shape index (κ3) is 4.36. The molecule has 32 heavy (non-hydrogen) atoms. The number of piperazine rings is 1. The first-order valence-electron chi connectivity index (χ1n) is 9.90. The Bertz CT molecular complexity index is 1160. The van der Waals surface area contributed by atoms with E-state index in [-0.39, 0.29) is 47.3 Å². The fraction of sp³-hybridized carbons (Fsp3) is 0.350. The molecule has 0 bridgehead atoms. The Kier molecular flexibility index (Phi) is 6.22. The van der Waals surface area contributed by atoms with Crippen molar-refractivity contribution in [3.63, 3.8) is 0 Å². The van der Waals surface area contributed by atoms with Gasteiger partial charge in [-0.1, -0.05) is 11.6 Å². The first-order valence-corrected chi connectivity index (χ1v) is 11.7. The number of hydrogen-bond donors (Lipinski definition) is 0. The number of nitro groups is 1. The van der Waals surface area contributed by atoms with Crippen LogP contribution in [0.15, 0.2) is 41.3 Å². The molecule has 0 N–H and O–H groups in total. The third-order valence-electron chi connectivity index (χ3n) is 5.27. The Balaban J connectivity index is 1.46. The Morgan fingerprint density at radius 3 is 2.38 bits per heavy atom. The predicted octanol–water partition coefficient (Wildman–Crippen LogP) is 2.56. The third-order valence-corrected chi connectivity index (χ3v) is 7.49. The topological polar surface area (TPSA) is 119 Å². The number of amides is 1. The Hall–Kier alpha value is -2.89. The van der Waals surface area contributed by atoms with E-state index >= 15 is 0 Å². The number of fused-ring (bicyclic) bond motifs is 1. The van der Waals surface area contributed by atoms with Crippen LogP contribution >= 0.6 is 11.6 Å². The zero-order valence-electron chi connectivity index (χ0n) is 16.9. The highest BCUT2D eigenvalue weighted by atomic mass is 35.5. The molecule has 1 fully saturated rings. The lowest BCUT2D eigenvalue weighted by atomic mass is 10.1. The monoisotopic (exact) mass is 481 g/mol. The summed E-state index contributed by atoms with van der Waals surface area (Å²) >= 11 is 5.81. The molecular weight excluding hydrogens is 462 g/mol. The molecular formula is C20H20ClN3O7S. The predicted molar refractivity (Wildman–Crippen MR) is 115 cm³/mol. The molecule has 0 aliphatic carbocycles. The van der Waals surface area contributed by atoms with Crippen LogP contribution in [0.3, 0.4) is 0 Å². The summed E-state index contributed by atoms with van der Waals surface area (Å²) in [5, 5.41) is 11.0. The van der Waals surface area contributed by atoms with Gasteiger partial charge in [0, 0.05) is 50.3 Å². The molecule has 4 rings (SSSR count). The summed E-state index contributed by atoms with van der Waals surface area (Å²) in [6.45, 7) is 1.44. The zero-order chi connectivity index (χ0) is 22.9. The number of rotatable bonds is 4. The zero-order valence-corrected chi connectivity index (χ0v) is 18.5. The quantitative estimate of drug-likeness (QED) is 0.486. The maximum absolute atomic E-state index is 13.1. The second kappa shape index (κ2) is 8.93. The van der Waals surface area contributed by atoms with Gasteiger partial charge < -0.3 is 14.4 Å². The van der Waals surface area contributed by atoms with Crippen molar-refractivity contribution in [2.75, 3.05) is 39.4 Å². The Morgan fingerprint density at radius 1 is 1.00 bits per heavy atom. The number of carbonyl (C=O) groups is 1. The van der Waals surface area contributed by atoms with Crippen molar-refractivity contribution in [1.29, 1.82) is 0 Å². The summed E-state index contributed by atoms with van der Waals surface area (Å²) in [5.41, 5.74) is -0.228. The first-order chi connectivity index (χ1) is 15.3. The first kappa shape index (κ1) is 22.3. The van der Waals surface area contributed by atoms with E-state index in [4.69, 9.17) is 21.1 Å². The van der Waals surface area contributed by atoms with Crippen molar-refractivity contribution in [2.24, 2.45) is 0 Å². The van der Waals surface area contributed by atoms with Gasteiger partial charge in [0.15, 0.2) is 11.5 Å². The van der Waals surface area contributed by atoms with Crippen LogP contribution in [-0.4, -0.2) is 67.8 Å². The van der Waals surface area contributed by atoms with Crippen molar-refractivity contribution >= 4 is 33.2 Å². The Labute approximate surface area is 189 Å². The molecule has 0 radical (unpaired) electrons. The molecule has 0 saturated carbocycles. The normalized spacial score (nSPS) is 17.0. The van der Waals surface area contributed by atoms with E-state index < -0.39 is 20.9 Å². The molecule has 170 valence electrons. The molecule has 12 heteroatoms. The standard InChI is InChI=1S/C20H20ClN3O7S/c21-16-4-2-14(12-17(16)24(26)27)20(25)22-6-8-23(9-7-22)32(28,29)15-3-5-18-19(13-15)31-11-1-10-30-18/h2-5,12-13H,1,6-11H2. The molecule has 10 nitrogen and oxygen atoms in total. The number of carbonyl (C=O) groups excluding carboxylic acids is 1. The number of hydrogen-bond acceptors (Lipinski definition) is 7. The number of nitrogens with zero attached hydrogens (tertiary/aromatic N) is 3. The molecule has 0 aromatic heterocycles. The highest BCUT2D eigenvalue weighted by molar-refractivity contribution is 7.89. The fourth-order valence-corrected chi connectivity index (χ4v) is 5.18.